The van der Waals surface area contributed by atoms with E-state index in [4.69, 9.17) is 0 Å². The van der Waals surface area contributed by atoms with E-state index in [1.807, 2.05) is 45.0 Å². The number of carbonyl (C=O) groups is 2. The smallest absolute Gasteiger partial charge is 0.308 e. The first kappa shape index (κ1) is 17.2. The molecule has 1 aromatic heterocycles. The van der Waals surface area contributed by atoms with E-state index in [9.17, 15) is 14.7 Å². The van der Waals surface area contributed by atoms with Crippen LogP contribution in [-0.2, 0) is 11.2 Å². The van der Waals surface area contributed by atoms with Crippen molar-refractivity contribution in [2.24, 2.45) is 5.92 Å². The van der Waals surface area contributed by atoms with Crippen molar-refractivity contribution < 1.29 is 14.7 Å². The molecule has 0 unspecified atom stereocenters. The Balaban J connectivity index is 1.89. The Hall–Kier alpha value is -2.63. The lowest BCUT2D eigenvalue weighted by Crippen LogP contribution is -2.30. The number of aromatic amines is 1. The number of H-pyrrole nitrogens is 1. The van der Waals surface area contributed by atoms with Crippen LogP contribution in [0.5, 0.6) is 0 Å². The predicted molar refractivity (Wildman–Crippen MR) is 93.7 cm³/mol. The molecule has 6 heteroatoms. The fourth-order valence-electron chi connectivity index (χ4n) is 3.67. The van der Waals surface area contributed by atoms with Crippen LogP contribution in [0.2, 0.25) is 0 Å². The van der Waals surface area contributed by atoms with Crippen LogP contribution in [0.15, 0.2) is 24.3 Å². The highest BCUT2D eigenvalue weighted by Crippen LogP contribution is 2.35. The lowest BCUT2D eigenvalue weighted by atomic mass is 9.86. The van der Waals surface area contributed by atoms with Gasteiger partial charge < -0.3 is 10.0 Å². The molecule has 2 heterocycles. The first-order valence-corrected chi connectivity index (χ1v) is 8.55. The van der Waals surface area contributed by atoms with Crippen LogP contribution in [0.4, 0.5) is 0 Å². The number of carboxylic acid groups (broad SMARTS) is 1. The van der Waals surface area contributed by atoms with Gasteiger partial charge in [-0.05, 0) is 31.4 Å². The van der Waals surface area contributed by atoms with E-state index in [-0.39, 0.29) is 18.4 Å². The van der Waals surface area contributed by atoms with Crippen LogP contribution in [0.3, 0.4) is 0 Å². The number of amides is 1. The van der Waals surface area contributed by atoms with E-state index in [1.54, 1.807) is 4.90 Å². The van der Waals surface area contributed by atoms with Gasteiger partial charge in [0.15, 0.2) is 5.69 Å². The third-order valence-electron chi connectivity index (χ3n) is 5.18. The number of carboxylic acids is 1. The molecule has 2 aromatic rings. The fraction of sp³-hybridized carbons (Fsp3) is 0.421. The quantitative estimate of drug-likeness (QED) is 0.895. The first-order chi connectivity index (χ1) is 11.9. The number of rotatable bonds is 4. The van der Waals surface area contributed by atoms with E-state index in [0.717, 1.165) is 28.8 Å². The van der Waals surface area contributed by atoms with E-state index < -0.39 is 11.9 Å². The van der Waals surface area contributed by atoms with Crippen LogP contribution in [0, 0.1) is 19.8 Å². The molecule has 1 saturated heterocycles. The monoisotopic (exact) mass is 341 g/mol. The number of aromatic nitrogens is 2. The molecule has 132 valence electrons. The zero-order valence-corrected chi connectivity index (χ0v) is 14.7. The van der Waals surface area contributed by atoms with Gasteiger partial charge in [0, 0.05) is 30.3 Å². The van der Waals surface area contributed by atoms with Crippen LogP contribution < -0.4 is 0 Å². The normalized spacial score (nSPS) is 20.0. The highest BCUT2D eigenvalue weighted by atomic mass is 16.4. The Morgan fingerprint density at radius 1 is 1.28 bits per heavy atom. The average Bonchev–Trinajstić information content (AvgIpc) is 3.18. The van der Waals surface area contributed by atoms with Crippen molar-refractivity contribution in [3.8, 4) is 0 Å². The number of likely N-dealkylation sites (tertiary alicyclic amines) is 1. The SMILES string of the molecule is CCc1[nH]nc(C(=O)N2C[C@H](C(=O)O)[C@@H](c3ccccc3C)C2)c1C. The molecule has 3 rings (SSSR count). The van der Waals surface area contributed by atoms with E-state index in [2.05, 4.69) is 10.2 Å². The molecule has 0 spiro atoms. The third kappa shape index (κ3) is 3.04. The molecule has 2 N–H and O–H groups in total. The zero-order valence-electron chi connectivity index (χ0n) is 14.7. The summed E-state index contributed by atoms with van der Waals surface area (Å²) in [7, 11) is 0. The average molecular weight is 341 g/mol. The molecule has 1 aliphatic rings. The molecular formula is C19H23N3O3. The number of hydrogen-bond acceptors (Lipinski definition) is 3. The lowest BCUT2D eigenvalue weighted by molar-refractivity contribution is -0.141. The second-order valence-electron chi connectivity index (χ2n) is 6.65. The summed E-state index contributed by atoms with van der Waals surface area (Å²) in [6.07, 6.45) is 0.774. The van der Waals surface area contributed by atoms with Gasteiger partial charge in [-0.25, -0.2) is 0 Å². The van der Waals surface area contributed by atoms with Gasteiger partial charge in [-0.15, -0.1) is 0 Å². The van der Waals surface area contributed by atoms with Crippen molar-refractivity contribution >= 4 is 11.9 Å². The van der Waals surface area contributed by atoms with Gasteiger partial charge >= 0.3 is 5.97 Å². The third-order valence-corrected chi connectivity index (χ3v) is 5.18. The molecule has 0 saturated carbocycles. The van der Waals surface area contributed by atoms with Gasteiger partial charge in [-0.3, -0.25) is 14.7 Å². The highest BCUT2D eigenvalue weighted by molar-refractivity contribution is 5.94. The molecule has 1 aliphatic heterocycles. The number of nitrogens with one attached hydrogen (secondary N) is 1. The predicted octanol–water partition coefficient (Wildman–Crippen LogP) is 2.53. The van der Waals surface area contributed by atoms with Crippen molar-refractivity contribution in [3.63, 3.8) is 0 Å². The number of aryl methyl sites for hydroxylation is 2. The van der Waals surface area contributed by atoms with Crippen LogP contribution in [0.1, 0.15) is 45.7 Å². The molecule has 0 aliphatic carbocycles. The Bertz CT molecular complexity index is 812. The Morgan fingerprint density at radius 2 is 2.00 bits per heavy atom. The number of benzene rings is 1. The van der Waals surface area contributed by atoms with Crippen molar-refractivity contribution in [1.82, 2.24) is 15.1 Å². The summed E-state index contributed by atoms with van der Waals surface area (Å²) < 4.78 is 0. The van der Waals surface area contributed by atoms with Gasteiger partial charge in [0.2, 0.25) is 0 Å². The minimum atomic E-state index is -0.864. The van der Waals surface area contributed by atoms with Crippen molar-refractivity contribution in [3.05, 3.63) is 52.3 Å². The van der Waals surface area contributed by atoms with Gasteiger partial charge in [0.05, 0.1) is 5.92 Å². The fourth-order valence-corrected chi connectivity index (χ4v) is 3.67. The summed E-state index contributed by atoms with van der Waals surface area (Å²) in [6, 6.07) is 7.78. The topological polar surface area (TPSA) is 86.3 Å². The number of aliphatic carboxylic acids is 1. The second kappa shape index (κ2) is 6.70. The van der Waals surface area contributed by atoms with E-state index >= 15 is 0 Å². The maximum absolute atomic E-state index is 12.9. The molecule has 1 fully saturated rings. The molecule has 1 aromatic carbocycles. The minimum absolute atomic E-state index is 0.198. The molecule has 1 amide bonds. The summed E-state index contributed by atoms with van der Waals surface area (Å²) in [5.41, 5.74) is 4.23. The van der Waals surface area contributed by atoms with Gasteiger partial charge in [0.1, 0.15) is 0 Å². The minimum Gasteiger partial charge on any atom is -0.481 e. The lowest BCUT2D eigenvalue weighted by Gasteiger charge is -2.17. The maximum atomic E-state index is 12.9. The Kier molecular flexibility index (Phi) is 4.61. The standard InChI is InChI=1S/C19H23N3O3/c1-4-16-12(3)17(21-20-16)18(23)22-9-14(15(10-22)19(24)25)13-8-6-5-7-11(13)2/h5-8,14-15H,4,9-10H2,1-3H3,(H,20,21)(H,24,25)/t14-,15+/m1/s1. The summed E-state index contributed by atoms with van der Waals surface area (Å²) in [5, 5.41) is 16.7. The largest absolute Gasteiger partial charge is 0.481 e. The number of nitrogens with zero attached hydrogens (tertiary/aromatic N) is 2. The van der Waals surface area contributed by atoms with Crippen molar-refractivity contribution in [2.45, 2.75) is 33.1 Å². The summed E-state index contributed by atoms with van der Waals surface area (Å²) in [6.45, 7) is 6.46. The van der Waals surface area contributed by atoms with Crippen LogP contribution >= 0.6 is 0 Å². The second-order valence-corrected chi connectivity index (χ2v) is 6.65. The molecule has 2 atom stereocenters. The Morgan fingerprint density at radius 3 is 2.60 bits per heavy atom. The molecule has 0 radical (unpaired) electrons. The zero-order chi connectivity index (χ0) is 18.1. The van der Waals surface area contributed by atoms with E-state index in [1.165, 1.54) is 0 Å². The molecule has 25 heavy (non-hydrogen) atoms. The van der Waals surface area contributed by atoms with Crippen molar-refractivity contribution in [2.75, 3.05) is 13.1 Å². The van der Waals surface area contributed by atoms with Crippen LogP contribution in [-0.4, -0.2) is 45.2 Å². The summed E-state index contributed by atoms with van der Waals surface area (Å²) >= 11 is 0. The van der Waals surface area contributed by atoms with E-state index in [0.29, 0.717) is 12.2 Å². The summed E-state index contributed by atoms with van der Waals surface area (Å²) in [4.78, 5) is 26.3. The number of carbonyl (C=O) groups excluding carboxylic acids is 1. The molecule has 0 bridgehead atoms. The molecular weight excluding hydrogens is 318 g/mol. The summed E-state index contributed by atoms with van der Waals surface area (Å²) in [5.74, 6) is -1.87. The number of hydrogen-bond donors (Lipinski definition) is 2. The first-order valence-electron chi connectivity index (χ1n) is 8.55. The highest BCUT2D eigenvalue weighted by Gasteiger charge is 2.41. The maximum Gasteiger partial charge on any atom is 0.308 e. The van der Waals surface area contributed by atoms with Crippen LogP contribution in [0.25, 0.3) is 0 Å². The van der Waals surface area contributed by atoms with Gasteiger partial charge in [-0.2, -0.15) is 5.10 Å². The van der Waals surface area contributed by atoms with Gasteiger partial charge in [-0.1, -0.05) is 31.2 Å². The van der Waals surface area contributed by atoms with Gasteiger partial charge in [0.25, 0.3) is 5.91 Å². The Labute approximate surface area is 146 Å². The van der Waals surface area contributed by atoms with Crippen molar-refractivity contribution in [1.29, 1.82) is 0 Å². The molecule has 6 nitrogen and oxygen atoms in total.